The quantitative estimate of drug-likeness (QED) is 0.838. The number of benzene rings is 1. The maximum Gasteiger partial charge on any atom is 0.109 e. The van der Waals surface area contributed by atoms with Crippen LogP contribution in [0, 0.1) is 0 Å². The van der Waals surface area contributed by atoms with Crippen molar-refractivity contribution in [1.29, 1.82) is 0 Å². The molecule has 0 saturated heterocycles. The van der Waals surface area contributed by atoms with Crippen LogP contribution in [0.15, 0.2) is 36.7 Å². The Labute approximate surface area is 121 Å². The molecule has 2 aromatic rings. The van der Waals surface area contributed by atoms with E-state index in [0.717, 1.165) is 31.9 Å². The van der Waals surface area contributed by atoms with Gasteiger partial charge in [-0.25, -0.2) is 4.98 Å². The summed E-state index contributed by atoms with van der Waals surface area (Å²) in [7, 11) is 2.04. The van der Waals surface area contributed by atoms with Crippen LogP contribution in [-0.2, 0) is 26.6 Å². The van der Waals surface area contributed by atoms with Crippen LogP contribution < -0.4 is 5.73 Å². The summed E-state index contributed by atoms with van der Waals surface area (Å²) in [4.78, 5) is 6.81. The van der Waals surface area contributed by atoms with Crippen molar-refractivity contribution in [3.63, 3.8) is 0 Å². The van der Waals surface area contributed by atoms with Crippen LogP contribution in [-0.4, -0.2) is 27.5 Å². The highest BCUT2D eigenvalue weighted by Crippen LogP contribution is 2.11. The number of rotatable bonds is 7. The van der Waals surface area contributed by atoms with Crippen molar-refractivity contribution in [1.82, 2.24) is 14.5 Å². The van der Waals surface area contributed by atoms with Gasteiger partial charge in [0.25, 0.3) is 0 Å². The molecule has 0 radical (unpaired) electrons. The second-order valence-electron chi connectivity index (χ2n) is 5.05. The van der Waals surface area contributed by atoms with E-state index in [4.69, 9.17) is 5.73 Å². The Morgan fingerprint density at radius 1 is 1.25 bits per heavy atom. The Balaban J connectivity index is 1.97. The topological polar surface area (TPSA) is 47.1 Å². The molecule has 0 aliphatic carbocycles. The lowest BCUT2D eigenvalue weighted by atomic mass is 10.1. The van der Waals surface area contributed by atoms with Crippen molar-refractivity contribution in [3.8, 4) is 0 Å². The zero-order valence-corrected chi connectivity index (χ0v) is 12.4. The molecule has 1 aromatic heterocycles. The first-order chi connectivity index (χ1) is 9.74. The molecule has 0 aliphatic rings. The van der Waals surface area contributed by atoms with Crippen molar-refractivity contribution in [2.45, 2.75) is 26.4 Å². The van der Waals surface area contributed by atoms with Crippen molar-refractivity contribution in [2.24, 2.45) is 12.8 Å². The first-order valence-electron chi connectivity index (χ1n) is 7.20. The lowest BCUT2D eigenvalue weighted by Crippen LogP contribution is -2.26. The molecular weight excluding hydrogens is 248 g/mol. The minimum Gasteiger partial charge on any atom is -0.338 e. The lowest BCUT2D eigenvalue weighted by molar-refractivity contribution is 0.280. The third-order valence-electron chi connectivity index (χ3n) is 3.75. The second-order valence-corrected chi connectivity index (χ2v) is 5.05. The third kappa shape index (κ3) is 3.68. The minimum atomic E-state index is 0.604. The fourth-order valence-corrected chi connectivity index (χ4v) is 2.40. The van der Waals surface area contributed by atoms with Crippen molar-refractivity contribution in [3.05, 3.63) is 53.6 Å². The molecule has 0 bridgehead atoms. The Morgan fingerprint density at radius 3 is 2.60 bits per heavy atom. The van der Waals surface area contributed by atoms with Gasteiger partial charge in [-0.3, -0.25) is 4.90 Å². The maximum absolute atomic E-state index is 5.81. The SMILES string of the molecule is CCN(CCc1nccn1C)Cc1ccccc1CN. The highest BCUT2D eigenvalue weighted by molar-refractivity contribution is 5.26. The normalized spacial score (nSPS) is 11.2. The lowest BCUT2D eigenvalue weighted by Gasteiger charge is -2.21. The van der Waals surface area contributed by atoms with E-state index in [1.54, 1.807) is 0 Å². The van der Waals surface area contributed by atoms with Gasteiger partial charge in [0.15, 0.2) is 0 Å². The van der Waals surface area contributed by atoms with Crippen molar-refractivity contribution < 1.29 is 0 Å². The molecule has 1 heterocycles. The summed E-state index contributed by atoms with van der Waals surface area (Å²) in [6, 6.07) is 8.42. The zero-order chi connectivity index (χ0) is 14.4. The van der Waals surface area contributed by atoms with Crippen LogP contribution >= 0.6 is 0 Å². The van der Waals surface area contributed by atoms with Gasteiger partial charge in [0.2, 0.25) is 0 Å². The maximum atomic E-state index is 5.81. The summed E-state index contributed by atoms with van der Waals surface area (Å²) in [5.74, 6) is 1.13. The number of nitrogens with zero attached hydrogens (tertiary/aromatic N) is 3. The van der Waals surface area contributed by atoms with E-state index in [9.17, 15) is 0 Å². The molecule has 2 N–H and O–H groups in total. The zero-order valence-electron chi connectivity index (χ0n) is 12.4. The Hall–Kier alpha value is -1.65. The van der Waals surface area contributed by atoms with Gasteiger partial charge in [-0.2, -0.15) is 0 Å². The largest absolute Gasteiger partial charge is 0.338 e. The number of imidazole rings is 1. The van der Waals surface area contributed by atoms with E-state index < -0.39 is 0 Å². The second kappa shape index (κ2) is 7.22. The van der Waals surface area contributed by atoms with E-state index in [2.05, 4.69) is 45.6 Å². The molecule has 108 valence electrons. The molecule has 0 unspecified atom stereocenters. The predicted octanol–water partition coefficient (Wildman–Crippen LogP) is 1.94. The monoisotopic (exact) mass is 272 g/mol. The van der Waals surface area contributed by atoms with Gasteiger partial charge in [0, 0.05) is 45.5 Å². The van der Waals surface area contributed by atoms with Gasteiger partial charge in [-0.05, 0) is 17.7 Å². The highest BCUT2D eigenvalue weighted by Gasteiger charge is 2.08. The number of hydrogen-bond acceptors (Lipinski definition) is 3. The standard InChI is InChI=1S/C16H24N4/c1-3-20(10-8-16-18-9-11-19(16)2)13-15-7-5-4-6-14(15)12-17/h4-7,9,11H,3,8,10,12-13,17H2,1-2H3. The first kappa shape index (κ1) is 14.8. The van der Waals surface area contributed by atoms with E-state index >= 15 is 0 Å². The van der Waals surface area contributed by atoms with Gasteiger partial charge in [0.1, 0.15) is 5.82 Å². The van der Waals surface area contributed by atoms with Crippen LogP contribution in [0.1, 0.15) is 23.9 Å². The van der Waals surface area contributed by atoms with Crippen LogP contribution in [0.5, 0.6) is 0 Å². The number of hydrogen-bond donors (Lipinski definition) is 1. The van der Waals surface area contributed by atoms with Crippen molar-refractivity contribution in [2.75, 3.05) is 13.1 Å². The average molecular weight is 272 g/mol. The molecule has 0 aliphatic heterocycles. The van der Waals surface area contributed by atoms with Crippen LogP contribution in [0.4, 0.5) is 0 Å². The summed E-state index contributed by atoms with van der Waals surface area (Å²) < 4.78 is 2.08. The van der Waals surface area contributed by atoms with E-state index in [-0.39, 0.29) is 0 Å². The van der Waals surface area contributed by atoms with Crippen molar-refractivity contribution >= 4 is 0 Å². The molecule has 4 nitrogen and oxygen atoms in total. The molecule has 4 heteroatoms. The molecule has 0 fully saturated rings. The molecule has 0 amide bonds. The van der Waals surface area contributed by atoms with Crippen LogP contribution in [0.3, 0.4) is 0 Å². The predicted molar refractivity (Wildman–Crippen MR) is 82.2 cm³/mol. The Kier molecular flexibility index (Phi) is 5.32. The Bertz CT molecular complexity index is 533. The van der Waals surface area contributed by atoms with E-state index in [1.807, 2.05) is 19.4 Å². The Morgan fingerprint density at radius 2 is 2.00 bits per heavy atom. The molecule has 0 spiro atoms. The summed E-state index contributed by atoms with van der Waals surface area (Å²) in [5, 5.41) is 0. The third-order valence-corrected chi connectivity index (χ3v) is 3.75. The summed E-state index contributed by atoms with van der Waals surface area (Å²) >= 11 is 0. The van der Waals surface area contributed by atoms with Gasteiger partial charge in [0.05, 0.1) is 0 Å². The molecule has 20 heavy (non-hydrogen) atoms. The molecule has 0 atom stereocenters. The number of aryl methyl sites for hydroxylation is 1. The van der Waals surface area contributed by atoms with Gasteiger partial charge in [-0.1, -0.05) is 31.2 Å². The van der Waals surface area contributed by atoms with Gasteiger partial charge in [-0.15, -0.1) is 0 Å². The smallest absolute Gasteiger partial charge is 0.109 e. The number of nitrogens with two attached hydrogens (primary N) is 1. The molecular formula is C16H24N4. The van der Waals surface area contributed by atoms with Crippen LogP contribution in [0.25, 0.3) is 0 Å². The summed E-state index contributed by atoms with van der Waals surface area (Å²) in [6.45, 7) is 5.80. The summed E-state index contributed by atoms with van der Waals surface area (Å²) in [6.07, 6.45) is 4.83. The minimum absolute atomic E-state index is 0.604. The first-order valence-corrected chi connectivity index (χ1v) is 7.20. The van der Waals surface area contributed by atoms with E-state index in [1.165, 1.54) is 11.1 Å². The molecule has 1 aromatic carbocycles. The number of aromatic nitrogens is 2. The van der Waals surface area contributed by atoms with Gasteiger partial charge >= 0.3 is 0 Å². The highest BCUT2D eigenvalue weighted by atomic mass is 15.1. The van der Waals surface area contributed by atoms with Crippen LogP contribution in [0.2, 0.25) is 0 Å². The number of likely N-dealkylation sites (N-methyl/N-ethyl adjacent to an activating group) is 1. The molecule has 2 rings (SSSR count). The average Bonchev–Trinajstić information content (AvgIpc) is 2.89. The summed E-state index contributed by atoms with van der Waals surface area (Å²) in [5.41, 5.74) is 8.38. The molecule has 0 saturated carbocycles. The fourth-order valence-electron chi connectivity index (χ4n) is 2.40. The fraction of sp³-hybridized carbons (Fsp3) is 0.438. The van der Waals surface area contributed by atoms with E-state index in [0.29, 0.717) is 6.54 Å². The van der Waals surface area contributed by atoms with Gasteiger partial charge < -0.3 is 10.3 Å².